The van der Waals surface area contributed by atoms with Gasteiger partial charge in [0.2, 0.25) is 0 Å². The molecule has 7 nitrogen and oxygen atoms in total. The van der Waals surface area contributed by atoms with Crippen molar-refractivity contribution < 1.29 is 23.9 Å². The van der Waals surface area contributed by atoms with E-state index in [1.807, 2.05) is 0 Å². The molecule has 0 radical (unpaired) electrons. The Labute approximate surface area is 179 Å². The van der Waals surface area contributed by atoms with Crippen LogP contribution >= 0.6 is 11.6 Å². The van der Waals surface area contributed by atoms with Crippen molar-refractivity contribution in [2.75, 3.05) is 18.5 Å². The number of carbonyl (C=O) groups excluding carboxylic acids is 4. The number of unbranched alkanes of at least 4 members (excludes halogenated alkanes) is 2. The van der Waals surface area contributed by atoms with Crippen LogP contribution < -0.4 is 5.32 Å². The molecule has 3 amide bonds. The Kier molecular flexibility index (Phi) is 7.19. The average Bonchev–Trinajstić information content (AvgIpc) is 2.98. The van der Waals surface area contributed by atoms with E-state index in [9.17, 15) is 19.2 Å². The SMILES string of the molecule is O=C(COC(=O)CCCCCN1C(=O)c2ccccc2C1=O)Nc1ccc(Cl)cc1. The largest absolute Gasteiger partial charge is 0.456 e. The van der Waals surface area contributed by atoms with Crippen LogP contribution in [-0.2, 0) is 14.3 Å². The summed E-state index contributed by atoms with van der Waals surface area (Å²) >= 11 is 5.78. The summed E-state index contributed by atoms with van der Waals surface area (Å²) in [4.78, 5) is 49.3. The van der Waals surface area contributed by atoms with Gasteiger partial charge in [-0.25, -0.2) is 0 Å². The fraction of sp³-hybridized carbons (Fsp3) is 0.273. The first-order valence-electron chi connectivity index (χ1n) is 9.62. The van der Waals surface area contributed by atoms with Crippen LogP contribution in [0.15, 0.2) is 48.5 Å². The van der Waals surface area contributed by atoms with Crippen molar-refractivity contribution in [2.24, 2.45) is 0 Å². The number of hydrogen-bond donors (Lipinski definition) is 1. The predicted molar refractivity (Wildman–Crippen MR) is 111 cm³/mol. The van der Waals surface area contributed by atoms with Gasteiger partial charge in [0.15, 0.2) is 6.61 Å². The maximum absolute atomic E-state index is 12.3. The molecule has 0 spiro atoms. The maximum atomic E-state index is 12.3. The minimum Gasteiger partial charge on any atom is -0.456 e. The minimum absolute atomic E-state index is 0.163. The topological polar surface area (TPSA) is 92.8 Å². The average molecular weight is 429 g/mol. The maximum Gasteiger partial charge on any atom is 0.306 e. The summed E-state index contributed by atoms with van der Waals surface area (Å²) in [5.41, 5.74) is 1.43. The van der Waals surface area contributed by atoms with Gasteiger partial charge in [0.05, 0.1) is 11.1 Å². The molecule has 2 aromatic rings. The number of nitrogens with one attached hydrogen (secondary N) is 1. The van der Waals surface area contributed by atoms with E-state index >= 15 is 0 Å². The molecule has 0 atom stereocenters. The third-order valence-corrected chi connectivity index (χ3v) is 4.89. The zero-order chi connectivity index (χ0) is 21.5. The van der Waals surface area contributed by atoms with Crippen LogP contribution in [0.25, 0.3) is 0 Å². The van der Waals surface area contributed by atoms with E-state index in [0.29, 0.717) is 47.6 Å². The second kappa shape index (κ2) is 10.0. The van der Waals surface area contributed by atoms with Crippen LogP contribution in [0, 0.1) is 0 Å². The van der Waals surface area contributed by atoms with E-state index in [0.717, 1.165) is 0 Å². The highest BCUT2D eigenvalue weighted by Crippen LogP contribution is 2.22. The van der Waals surface area contributed by atoms with Crippen molar-refractivity contribution in [2.45, 2.75) is 25.7 Å². The highest BCUT2D eigenvalue weighted by molar-refractivity contribution is 6.30. The number of fused-ring (bicyclic) bond motifs is 1. The van der Waals surface area contributed by atoms with Gasteiger partial charge in [-0.1, -0.05) is 30.2 Å². The van der Waals surface area contributed by atoms with E-state index in [1.165, 1.54) is 4.90 Å². The van der Waals surface area contributed by atoms with Crippen LogP contribution in [0.1, 0.15) is 46.4 Å². The lowest BCUT2D eigenvalue weighted by atomic mass is 10.1. The molecular weight excluding hydrogens is 408 g/mol. The van der Waals surface area contributed by atoms with Crippen LogP contribution in [0.2, 0.25) is 5.02 Å². The molecule has 0 bridgehead atoms. The van der Waals surface area contributed by atoms with E-state index in [2.05, 4.69) is 5.32 Å². The number of esters is 1. The molecule has 156 valence electrons. The smallest absolute Gasteiger partial charge is 0.306 e. The minimum atomic E-state index is -0.470. The number of halogens is 1. The number of anilines is 1. The molecule has 0 saturated heterocycles. The van der Waals surface area contributed by atoms with Gasteiger partial charge >= 0.3 is 5.97 Å². The van der Waals surface area contributed by atoms with Crippen molar-refractivity contribution in [3.63, 3.8) is 0 Å². The molecule has 1 aliphatic heterocycles. The highest BCUT2D eigenvalue weighted by Gasteiger charge is 2.34. The van der Waals surface area contributed by atoms with Gasteiger partial charge in [0.1, 0.15) is 0 Å². The quantitative estimate of drug-likeness (QED) is 0.373. The number of hydrogen-bond acceptors (Lipinski definition) is 5. The van der Waals surface area contributed by atoms with E-state index < -0.39 is 11.9 Å². The Hall–Kier alpha value is -3.19. The number of amides is 3. The zero-order valence-corrected chi connectivity index (χ0v) is 17.0. The molecule has 0 saturated carbocycles. The lowest BCUT2D eigenvalue weighted by molar-refractivity contribution is -0.147. The molecule has 0 aliphatic carbocycles. The van der Waals surface area contributed by atoms with Gasteiger partial charge in [0, 0.05) is 23.7 Å². The fourth-order valence-electron chi connectivity index (χ4n) is 3.11. The normalized spacial score (nSPS) is 12.6. The summed E-state index contributed by atoms with van der Waals surface area (Å²) in [6.45, 7) is -0.0542. The van der Waals surface area contributed by atoms with Crippen LogP contribution in [0.4, 0.5) is 5.69 Å². The standard InChI is InChI=1S/C22H21ClN2O5/c23-15-9-11-16(12-10-15)24-19(26)14-30-20(27)8-2-1-5-13-25-21(28)17-6-3-4-7-18(17)22(25)29/h3-4,6-7,9-12H,1-2,5,8,13-14H2,(H,24,26). The summed E-state index contributed by atoms with van der Waals surface area (Å²) < 4.78 is 4.96. The Morgan fingerprint density at radius 3 is 2.17 bits per heavy atom. The highest BCUT2D eigenvalue weighted by atomic mass is 35.5. The molecule has 1 N–H and O–H groups in total. The van der Waals surface area contributed by atoms with Crippen molar-refractivity contribution in [3.8, 4) is 0 Å². The summed E-state index contributed by atoms with van der Waals surface area (Å²) in [5.74, 6) is -1.46. The van der Waals surface area contributed by atoms with Crippen molar-refractivity contribution >= 4 is 41.0 Å². The van der Waals surface area contributed by atoms with Crippen molar-refractivity contribution in [3.05, 3.63) is 64.7 Å². The summed E-state index contributed by atoms with van der Waals surface area (Å²) in [7, 11) is 0. The number of carbonyl (C=O) groups is 4. The van der Waals surface area contributed by atoms with E-state index in [-0.39, 0.29) is 24.8 Å². The van der Waals surface area contributed by atoms with Crippen molar-refractivity contribution in [1.29, 1.82) is 0 Å². The Morgan fingerprint density at radius 2 is 1.53 bits per heavy atom. The summed E-state index contributed by atoms with van der Waals surface area (Å²) in [5, 5.41) is 3.16. The molecule has 0 aromatic heterocycles. The number of nitrogens with zero attached hydrogens (tertiary/aromatic N) is 1. The molecule has 0 unspecified atom stereocenters. The third kappa shape index (κ3) is 5.45. The molecular formula is C22H21ClN2O5. The van der Waals surface area contributed by atoms with Crippen LogP contribution in [-0.4, -0.2) is 41.7 Å². The third-order valence-electron chi connectivity index (χ3n) is 4.63. The molecule has 1 aliphatic rings. The second-order valence-corrected chi connectivity index (χ2v) is 7.27. The Balaban J connectivity index is 1.30. The molecule has 2 aromatic carbocycles. The summed E-state index contributed by atoms with van der Waals surface area (Å²) in [6, 6.07) is 13.3. The Morgan fingerprint density at radius 1 is 0.900 bits per heavy atom. The molecule has 3 rings (SSSR count). The molecule has 30 heavy (non-hydrogen) atoms. The van der Waals surface area contributed by atoms with Crippen LogP contribution in [0.3, 0.4) is 0 Å². The molecule has 0 fully saturated rings. The number of rotatable bonds is 9. The van der Waals surface area contributed by atoms with E-state index in [1.54, 1.807) is 48.5 Å². The second-order valence-electron chi connectivity index (χ2n) is 6.83. The number of benzene rings is 2. The van der Waals surface area contributed by atoms with Crippen molar-refractivity contribution in [1.82, 2.24) is 4.90 Å². The van der Waals surface area contributed by atoms with Gasteiger partial charge < -0.3 is 10.1 Å². The lowest BCUT2D eigenvalue weighted by Gasteiger charge is -2.13. The van der Waals surface area contributed by atoms with Gasteiger partial charge in [0.25, 0.3) is 17.7 Å². The van der Waals surface area contributed by atoms with Gasteiger partial charge in [-0.3, -0.25) is 24.1 Å². The molecule has 8 heteroatoms. The summed E-state index contributed by atoms with van der Waals surface area (Å²) in [6.07, 6.45) is 1.95. The van der Waals surface area contributed by atoms with Gasteiger partial charge in [-0.05, 0) is 49.2 Å². The first kappa shape index (κ1) is 21.5. The first-order chi connectivity index (χ1) is 14.5. The number of imide groups is 1. The predicted octanol–water partition coefficient (Wildman–Crippen LogP) is 3.68. The molecule has 1 heterocycles. The van der Waals surface area contributed by atoms with Gasteiger partial charge in [-0.15, -0.1) is 0 Å². The lowest BCUT2D eigenvalue weighted by Crippen LogP contribution is -2.30. The Bertz CT molecular complexity index is 923. The van der Waals surface area contributed by atoms with E-state index in [4.69, 9.17) is 16.3 Å². The van der Waals surface area contributed by atoms with Crippen LogP contribution in [0.5, 0.6) is 0 Å². The van der Waals surface area contributed by atoms with Gasteiger partial charge in [-0.2, -0.15) is 0 Å². The number of ether oxygens (including phenoxy) is 1. The first-order valence-corrected chi connectivity index (χ1v) is 10.00. The zero-order valence-electron chi connectivity index (χ0n) is 16.2. The monoisotopic (exact) mass is 428 g/mol. The fourth-order valence-corrected chi connectivity index (χ4v) is 3.23.